The van der Waals surface area contributed by atoms with Crippen molar-refractivity contribution in [2.24, 2.45) is 0 Å². The maximum absolute atomic E-state index is 13.0. The number of hydrogen-bond donors (Lipinski definition) is 1. The van der Waals surface area contributed by atoms with E-state index in [4.69, 9.17) is 22.8 Å². The van der Waals surface area contributed by atoms with E-state index in [1.807, 2.05) is 13.8 Å². The third-order valence-corrected chi connectivity index (χ3v) is 5.07. The molecule has 0 amide bonds. The minimum atomic E-state index is -1.11. The summed E-state index contributed by atoms with van der Waals surface area (Å²) < 4.78 is 27.2. The van der Waals surface area contributed by atoms with Gasteiger partial charge < -0.3 is 27.9 Å². The number of nitrogens with zero attached hydrogens (tertiary/aromatic N) is 1. The molecule has 0 aromatic carbocycles. The molecule has 0 fully saturated rings. The Morgan fingerprint density at radius 2 is 1.84 bits per heavy atom. The summed E-state index contributed by atoms with van der Waals surface area (Å²) in [6.45, 7) is 10.6. The molecule has 0 bridgehead atoms. The first-order valence-electron chi connectivity index (χ1n) is 10.2. The molecule has 3 heterocycles. The quantitative estimate of drug-likeness (QED) is 0.542. The van der Waals surface area contributed by atoms with Crippen LogP contribution in [0.15, 0.2) is 47.8 Å². The fraction of sp³-hybridized carbons (Fsp3) is 0.435. The van der Waals surface area contributed by atoms with Crippen LogP contribution in [0.25, 0.3) is 0 Å². The Kier molecular flexibility index (Phi) is 6.47. The lowest BCUT2D eigenvalue weighted by Gasteiger charge is -2.25. The van der Waals surface area contributed by atoms with Crippen LogP contribution < -0.4 is 20.3 Å². The highest BCUT2D eigenvalue weighted by molar-refractivity contribution is 5.34. The van der Waals surface area contributed by atoms with E-state index in [-0.39, 0.29) is 35.3 Å². The van der Waals surface area contributed by atoms with Crippen molar-refractivity contribution in [3.05, 3.63) is 67.9 Å². The lowest BCUT2D eigenvalue weighted by atomic mass is 9.98. The van der Waals surface area contributed by atoms with Gasteiger partial charge in [0.2, 0.25) is 22.4 Å². The topological polar surface area (TPSA) is 125 Å². The number of aryl methyl sites for hydroxylation is 1. The smallest absolute Gasteiger partial charge is 0.259 e. The van der Waals surface area contributed by atoms with Crippen LogP contribution >= 0.6 is 0 Å². The predicted octanol–water partition coefficient (Wildman–Crippen LogP) is 4.22. The maximum Gasteiger partial charge on any atom is 0.259 e. The Morgan fingerprint density at radius 3 is 2.44 bits per heavy atom. The summed E-state index contributed by atoms with van der Waals surface area (Å²) >= 11 is 0. The van der Waals surface area contributed by atoms with Gasteiger partial charge in [0, 0.05) is 23.5 Å². The average molecular weight is 445 g/mol. The molecular formula is C23H27NO8. The fourth-order valence-corrected chi connectivity index (χ4v) is 3.33. The second-order valence-electron chi connectivity index (χ2n) is 8.45. The van der Waals surface area contributed by atoms with Gasteiger partial charge in [-0.2, -0.15) is 0 Å². The van der Waals surface area contributed by atoms with Gasteiger partial charge >= 0.3 is 0 Å². The highest BCUT2D eigenvalue weighted by Gasteiger charge is 2.33. The van der Waals surface area contributed by atoms with Crippen molar-refractivity contribution in [1.29, 1.82) is 0 Å². The molecule has 1 atom stereocenters. The number of rotatable bonds is 8. The number of ether oxygens (including phenoxy) is 2. The summed E-state index contributed by atoms with van der Waals surface area (Å²) in [4.78, 5) is 25.2. The zero-order chi connectivity index (χ0) is 23.6. The van der Waals surface area contributed by atoms with Crippen LogP contribution in [0.3, 0.4) is 0 Å². The Hall–Kier alpha value is -3.49. The van der Waals surface area contributed by atoms with E-state index >= 15 is 0 Å². The van der Waals surface area contributed by atoms with E-state index in [0.29, 0.717) is 22.6 Å². The molecule has 1 unspecified atom stereocenters. The average Bonchev–Trinajstić information content (AvgIpc) is 3.07. The van der Waals surface area contributed by atoms with E-state index in [1.54, 1.807) is 27.7 Å². The second-order valence-corrected chi connectivity index (χ2v) is 8.45. The lowest BCUT2D eigenvalue weighted by molar-refractivity contribution is 0.0989. The zero-order valence-corrected chi connectivity index (χ0v) is 18.9. The van der Waals surface area contributed by atoms with E-state index < -0.39 is 16.9 Å². The molecule has 0 radical (unpaired) electrons. The van der Waals surface area contributed by atoms with Crippen LogP contribution in [-0.4, -0.2) is 16.9 Å². The summed E-state index contributed by atoms with van der Waals surface area (Å²) in [5, 5.41) is 13.5. The van der Waals surface area contributed by atoms with Gasteiger partial charge in [0.05, 0.1) is 12.9 Å². The van der Waals surface area contributed by atoms with Gasteiger partial charge in [0.25, 0.3) is 5.88 Å². The van der Waals surface area contributed by atoms with Gasteiger partial charge in [-0.25, -0.2) is 0 Å². The van der Waals surface area contributed by atoms with Gasteiger partial charge in [-0.15, -0.1) is 0 Å². The van der Waals surface area contributed by atoms with Gasteiger partial charge in [-0.3, -0.25) is 9.59 Å². The Balaban J connectivity index is 1.78. The molecule has 0 saturated carbocycles. The van der Waals surface area contributed by atoms with Crippen LogP contribution in [0.5, 0.6) is 17.4 Å². The largest absolute Gasteiger partial charge is 0.491 e. The normalized spacial score (nSPS) is 12.7. The van der Waals surface area contributed by atoms with Crippen molar-refractivity contribution < 1.29 is 27.9 Å². The van der Waals surface area contributed by atoms with Gasteiger partial charge in [0.1, 0.15) is 35.2 Å². The third-order valence-electron chi connectivity index (χ3n) is 5.07. The molecule has 172 valence electrons. The zero-order valence-electron chi connectivity index (χ0n) is 18.9. The highest BCUT2D eigenvalue weighted by Crippen LogP contribution is 2.34. The molecule has 3 aromatic heterocycles. The molecule has 9 heteroatoms. The number of aromatic nitrogens is 1. The molecule has 3 aromatic rings. The van der Waals surface area contributed by atoms with Gasteiger partial charge in [-0.05, 0) is 25.9 Å². The van der Waals surface area contributed by atoms with Crippen molar-refractivity contribution in [2.45, 2.75) is 59.0 Å². The maximum atomic E-state index is 13.0. The minimum Gasteiger partial charge on any atom is -0.491 e. The summed E-state index contributed by atoms with van der Waals surface area (Å²) in [5.74, 6) is 0.327. The minimum absolute atomic E-state index is 0.0415. The molecule has 0 spiro atoms. The van der Waals surface area contributed by atoms with Crippen molar-refractivity contribution in [3.63, 3.8) is 0 Å². The highest BCUT2D eigenvalue weighted by atomic mass is 16.5. The Morgan fingerprint density at radius 1 is 1.12 bits per heavy atom. The van der Waals surface area contributed by atoms with Crippen LogP contribution in [0.2, 0.25) is 0 Å². The summed E-state index contributed by atoms with van der Waals surface area (Å²) in [5.41, 5.74) is -1.15. The van der Waals surface area contributed by atoms with E-state index in [1.165, 1.54) is 24.9 Å². The van der Waals surface area contributed by atoms with Crippen molar-refractivity contribution in [3.8, 4) is 17.4 Å². The third kappa shape index (κ3) is 4.71. The lowest BCUT2D eigenvalue weighted by Crippen LogP contribution is -2.29. The first-order valence-corrected chi connectivity index (χ1v) is 10.2. The SMILES string of the molecule is Cc1onc(O)c1C(C)(C)Oc1cocc(C(C)COc2coc(C(C)C)cc2=O)c1=O. The fourth-order valence-electron chi connectivity index (χ4n) is 3.33. The summed E-state index contributed by atoms with van der Waals surface area (Å²) in [6, 6.07) is 1.40. The Labute approximate surface area is 184 Å². The summed E-state index contributed by atoms with van der Waals surface area (Å²) in [6.07, 6.45) is 3.80. The van der Waals surface area contributed by atoms with Gasteiger partial charge in [0.15, 0.2) is 0 Å². The van der Waals surface area contributed by atoms with Crippen molar-refractivity contribution in [1.82, 2.24) is 5.16 Å². The monoisotopic (exact) mass is 445 g/mol. The van der Waals surface area contributed by atoms with Crippen LogP contribution in [0.4, 0.5) is 0 Å². The molecular weight excluding hydrogens is 418 g/mol. The van der Waals surface area contributed by atoms with Crippen LogP contribution in [0.1, 0.15) is 69.1 Å². The first-order chi connectivity index (χ1) is 15.0. The predicted molar refractivity (Wildman–Crippen MR) is 115 cm³/mol. The molecule has 0 saturated heterocycles. The van der Waals surface area contributed by atoms with Crippen molar-refractivity contribution in [2.75, 3.05) is 6.61 Å². The molecule has 9 nitrogen and oxygen atoms in total. The molecule has 0 aliphatic rings. The second kappa shape index (κ2) is 8.94. The molecule has 32 heavy (non-hydrogen) atoms. The standard InChI is InChI=1S/C23H27NO8/c1-12(2)17-7-16(25)18(11-30-17)29-8-13(3)15-9-28-10-19(21(15)26)31-23(5,6)20-14(4)32-24-22(20)27/h7,9-13H,8H2,1-6H3,(H,24,27). The first kappa shape index (κ1) is 23.2. The van der Waals surface area contributed by atoms with E-state index in [2.05, 4.69) is 5.16 Å². The van der Waals surface area contributed by atoms with E-state index in [0.717, 1.165) is 0 Å². The van der Waals surface area contributed by atoms with Crippen LogP contribution in [-0.2, 0) is 5.60 Å². The molecule has 3 rings (SSSR count). The van der Waals surface area contributed by atoms with E-state index in [9.17, 15) is 14.7 Å². The molecule has 0 aliphatic carbocycles. The number of aromatic hydroxyl groups is 1. The number of hydrogen-bond acceptors (Lipinski definition) is 9. The van der Waals surface area contributed by atoms with Crippen LogP contribution in [0, 0.1) is 6.92 Å². The molecule has 1 N–H and O–H groups in total. The van der Waals surface area contributed by atoms with Crippen molar-refractivity contribution >= 4 is 0 Å². The Bertz CT molecular complexity index is 1180. The molecule has 0 aliphatic heterocycles. The van der Waals surface area contributed by atoms with Gasteiger partial charge in [-0.1, -0.05) is 20.8 Å². The summed E-state index contributed by atoms with van der Waals surface area (Å²) in [7, 11) is 0.